The number of benzene rings is 1. The van der Waals surface area contributed by atoms with Crippen LogP contribution in [0.25, 0.3) is 0 Å². The molecule has 0 atom stereocenters. The number of carbonyl (C=O) groups is 1. The van der Waals surface area contributed by atoms with Crippen LogP contribution in [-0.4, -0.2) is 12.3 Å². The molecule has 0 spiro atoms. The summed E-state index contributed by atoms with van der Waals surface area (Å²) in [6.45, 7) is 4.71. The lowest BCUT2D eigenvalue weighted by atomic mass is 9.83. The highest BCUT2D eigenvalue weighted by molar-refractivity contribution is 5.80. The standard InChI is InChI=1S/C15H21F2NO/c1-15(2,7-8-18)6-5-13(19)9-11-3-4-12(16)10-14(11)17/h3-4,10H,5-9,18H2,1-2H3. The maximum absolute atomic E-state index is 13.4. The molecular formula is C15H21F2NO. The third-order valence-electron chi connectivity index (χ3n) is 3.30. The molecule has 4 heteroatoms. The zero-order valence-corrected chi connectivity index (χ0v) is 11.5. The van der Waals surface area contributed by atoms with Crippen molar-refractivity contribution < 1.29 is 13.6 Å². The number of carbonyl (C=O) groups excluding carboxylic acids is 1. The van der Waals surface area contributed by atoms with E-state index in [2.05, 4.69) is 13.8 Å². The molecule has 1 aromatic rings. The Bertz CT molecular complexity index is 444. The average molecular weight is 269 g/mol. The van der Waals surface area contributed by atoms with Crippen molar-refractivity contribution in [3.05, 3.63) is 35.4 Å². The highest BCUT2D eigenvalue weighted by Crippen LogP contribution is 2.26. The first-order valence-electron chi connectivity index (χ1n) is 6.50. The molecule has 0 radical (unpaired) electrons. The number of Topliss-reactive ketones (excluding diaryl/α,β-unsaturated/α-hetero) is 1. The van der Waals surface area contributed by atoms with Crippen LogP contribution in [0.15, 0.2) is 18.2 Å². The van der Waals surface area contributed by atoms with Gasteiger partial charge in [0.25, 0.3) is 0 Å². The predicted octanol–water partition coefficient (Wildman–Crippen LogP) is 3.23. The molecule has 0 unspecified atom stereocenters. The van der Waals surface area contributed by atoms with Crippen molar-refractivity contribution in [3.63, 3.8) is 0 Å². The van der Waals surface area contributed by atoms with Crippen molar-refractivity contribution in [2.75, 3.05) is 6.54 Å². The van der Waals surface area contributed by atoms with E-state index in [1.54, 1.807) is 0 Å². The van der Waals surface area contributed by atoms with Crippen LogP contribution in [0.1, 0.15) is 38.7 Å². The van der Waals surface area contributed by atoms with Gasteiger partial charge in [0.15, 0.2) is 0 Å². The van der Waals surface area contributed by atoms with E-state index in [0.717, 1.165) is 18.9 Å². The van der Waals surface area contributed by atoms with Gasteiger partial charge in [0.2, 0.25) is 0 Å². The van der Waals surface area contributed by atoms with Crippen LogP contribution in [0.2, 0.25) is 0 Å². The monoisotopic (exact) mass is 269 g/mol. The summed E-state index contributed by atoms with van der Waals surface area (Å²) in [6, 6.07) is 3.30. The van der Waals surface area contributed by atoms with Crippen LogP contribution >= 0.6 is 0 Å². The predicted molar refractivity (Wildman–Crippen MR) is 71.8 cm³/mol. The summed E-state index contributed by atoms with van der Waals surface area (Å²) in [7, 11) is 0. The molecule has 0 aromatic heterocycles. The Morgan fingerprint density at radius 3 is 2.53 bits per heavy atom. The van der Waals surface area contributed by atoms with Gasteiger partial charge in [-0.15, -0.1) is 0 Å². The second-order valence-corrected chi connectivity index (χ2v) is 5.65. The van der Waals surface area contributed by atoms with Crippen molar-refractivity contribution in [2.45, 2.75) is 39.5 Å². The van der Waals surface area contributed by atoms with Crippen LogP contribution in [-0.2, 0) is 11.2 Å². The molecule has 0 saturated carbocycles. The minimum Gasteiger partial charge on any atom is -0.330 e. The summed E-state index contributed by atoms with van der Waals surface area (Å²) in [6.07, 6.45) is 1.99. The van der Waals surface area contributed by atoms with Gasteiger partial charge in [-0.3, -0.25) is 4.79 Å². The number of rotatable bonds is 7. The van der Waals surface area contributed by atoms with Gasteiger partial charge < -0.3 is 5.73 Å². The lowest BCUT2D eigenvalue weighted by Crippen LogP contribution is -2.19. The Balaban J connectivity index is 2.52. The summed E-state index contributed by atoms with van der Waals surface area (Å²) in [5.41, 5.74) is 5.78. The first-order chi connectivity index (χ1) is 8.84. The topological polar surface area (TPSA) is 43.1 Å². The normalized spacial score (nSPS) is 11.6. The summed E-state index contributed by atoms with van der Waals surface area (Å²) in [5.74, 6) is -1.32. The minimum absolute atomic E-state index is 0.0187. The van der Waals surface area contributed by atoms with E-state index in [1.807, 2.05) is 0 Å². The van der Waals surface area contributed by atoms with Crippen LogP contribution in [0.5, 0.6) is 0 Å². The Labute approximate surface area is 113 Å². The van der Waals surface area contributed by atoms with E-state index >= 15 is 0 Å². The molecule has 0 aliphatic rings. The fraction of sp³-hybridized carbons (Fsp3) is 0.533. The molecule has 0 bridgehead atoms. The van der Waals surface area contributed by atoms with E-state index in [4.69, 9.17) is 5.73 Å². The maximum atomic E-state index is 13.4. The van der Waals surface area contributed by atoms with Gasteiger partial charge in [-0.05, 0) is 36.4 Å². The SMILES string of the molecule is CC(C)(CCN)CCC(=O)Cc1ccc(F)cc1F. The van der Waals surface area contributed by atoms with Gasteiger partial charge in [0.1, 0.15) is 17.4 Å². The molecule has 1 rings (SSSR count). The zero-order chi connectivity index (χ0) is 14.5. The van der Waals surface area contributed by atoms with E-state index in [9.17, 15) is 13.6 Å². The summed E-state index contributed by atoms with van der Waals surface area (Å²) < 4.78 is 26.1. The van der Waals surface area contributed by atoms with E-state index in [-0.39, 0.29) is 23.2 Å². The van der Waals surface area contributed by atoms with E-state index in [0.29, 0.717) is 13.0 Å². The van der Waals surface area contributed by atoms with Crippen molar-refractivity contribution in [3.8, 4) is 0 Å². The van der Waals surface area contributed by atoms with Gasteiger partial charge in [0, 0.05) is 18.9 Å². The lowest BCUT2D eigenvalue weighted by molar-refractivity contribution is -0.119. The van der Waals surface area contributed by atoms with Gasteiger partial charge in [-0.1, -0.05) is 19.9 Å². The number of nitrogens with two attached hydrogens (primary N) is 1. The molecule has 0 fully saturated rings. The lowest BCUT2D eigenvalue weighted by Gasteiger charge is -2.23. The number of ketones is 1. The first kappa shape index (κ1) is 15.8. The van der Waals surface area contributed by atoms with Crippen molar-refractivity contribution in [1.82, 2.24) is 0 Å². The van der Waals surface area contributed by atoms with Crippen LogP contribution in [0.4, 0.5) is 8.78 Å². The van der Waals surface area contributed by atoms with Crippen molar-refractivity contribution in [2.24, 2.45) is 11.1 Å². The summed E-state index contributed by atoms with van der Waals surface area (Å²) in [4.78, 5) is 11.8. The number of halogens is 2. The van der Waals surface area contributed by atoms with E-state index < -0.39 is 11.6 Å². The maximum Gasteiger partial charge on any atom is 0.137 e. The molecule has 106 valence electrons. The molecule has 19 heavy (non-hydrogen) atoms. The largest absolute Gasteiger partial charge is 0.330 e. The van der Waals surface area contributed by atoms with Crippen LogP contribution < -0.4 is 5.73 Å². The summed E-state index contributed by atoms with van der Waals surface area (Å²) >= 11 is 0. The summed E-state index contributed by atoms with van der Waals surface area (Å²) in [5, 5.41) is 0. The van der Waals surface area contributed by atoms with E-state index in [1.165, 1.54) is 12.1 Å². The highest BCUT2D eigenvalue weighted by atomic mass is 19.1. The number of hydrogen-bond donors (Lipinski definition) is 1. The first-order valence-corrected chi connectivity index (χ1v) is 6.50. The number of hydrogen-bond acceptors (Lipinski definition) is 2. The molecule has 0 aliphatic carbocycles. The molecule has 0 saturated heterocycles. The zero-order valence-electron chi connectivity index (χ0n) is 11.5. The molecule has 2 N–H and O–H groups in total. The smallest absolute Gasteiger partial charge is 0.137 e. The quantitative estimate of drug-likeness (QED) is 0.825. The van der Waals surface area contributed by atoms with Crippen LogP contribution in [0.3, 0.4) is 0 Å². The highest BCUT2D eigenvalue weighted by Gasteiger charge is 2.19. The van der Waals surface area contributed by atoms with Crippen LogP contribution in [0, 0.1) is 17.0 Å². The van der Waals surface area contributed by atoms with Crippen molar-refractivity contribution >= 4 is 5.78 Å². The van der Waals surface area contributed by atoms with Gasteiger partial charge in [0.05, 0.1) is 0 Å². The average Bonchev–Trinajstić information content (AvgIpc) is 2.30. The third kappa shape index (κ3) is 5.47. The second kappa shape index (κ2) is 6.75. The Morgan fingerprint density at radius 1 is 1.26 bits per heavy atom. The Kier molecular flexibility index (Phi) is 5.60. The Morgan fingerprint density at radius 2 is 1.95 bits per heavy atom. The fourth-order valence-electron chi connectivity index (χ4n) is 1.96. The second-order valence-electron chi connectivity index (χ2n) is 5.65. The third-order valence-corrected chi connectivity index (χ3v) is 3.30. The minimum atomic E-state index is -0.658. The molecular weight excluding hydrogens is 248 g/mol. The molecule has 1 aromatic carbocycles. The molecule has 0 aliphatic heterocycles. The van der Waals surface area contributed by atoms with Gasteiger partial charge in [-0.2, -0.15) is 0 Å². The fourth-order valence-corrected chi connectivity index (χ4v) is 1.96. The van der Waals surface area contributed by atoms with Crippen molar-refractivity contribution in [1.29, 1.82) is 0 Å². The molecule has 2 nitrogen and oxygen atoms in total. The van der Waals surface area contributed by atoms with Gasteiger partial charge in [-0.25, -0.2) is 8.78 Å². The Hall–Kier alpha value is -1.29. The molecule has 0 heterocycles. The molecule has 0 amide bonds. The van der Waals surface area contributed by atoms with Gasteiger partial charge >= 0.3 is 0 Å².